The first-order valence-corrected chi connectivity index (χ1v) is 7.09. The quantitative estimate of drug-likeness (QED) is 0.894. The Morgan fingerprint density at radius 1 is 1.33 bits per heavy atom. The highest BCUT2D eigenvalue weighted by molar-refractivity contribution is 9.10. The van der Waals surface area contributed by atoms with Gasteiger partial charge in [0.15, 0.2) is 0 Å². The van der Waals surface area contributed by atoms with Crippen molar-refractivity contribution in [1.29, 1.82) is 0 Å². The Hall–Kier alpha value is 0.01000. The van der Waals surface area contributed by atoms with Gasteiger partial charge in [-0.2, -0.15) is 0 Å². The molecule has 0 radical (unpaired) electrons. The normalized spacial score (nSPS) is 26.5. The maximum atomic E-state index is 5.99. The second kappa shape index (κ2) is 5.37. The zero-order chi connectivity index (χ0) is 10.7. The molecule has 15 heavy (non-hydrogen) atoms. The van der Waals surface area contributed by atoms with Crippen molar-refractivity contribution in [3.8, 4) is 0 Å². The Labute approximate surface area is 104 Å². The van der Waals surface area contributed by atoms with Crippen LogP contribution in [0.25, 0.3) is 0 Å². The number of halogens is 1. The van der Waals surface area contributed by atoms with Crippen molar-refractivity contribution in [2.45, 2.75) is 41.9 Å². The SMILES string of the molecule is NC1CCCC(Sc2cccc(Br)c2)C1. The van der Waals surface area contributed by atoms with E-state index in [9.17, 15) is 0 Å². The van der Waals surface area contributed by atoms with Gasteiger partial charge in [-0.05, 0) is 37.5 Å². The van der Waals surface area contributed by atoms with Gasteiger partial charge in [0.25, 0.3) is 0 Å². The highest BCUT2D eigenvalue weighted by Gasteiger charge is 2.19. The van der Waals surface area contributed by atoms with Crippen LogP contribution in [0.4, 0.5) is 0 Å². The molecule has 0 aromatic heterocycles. The number of benzene rings is 1. The number of rotatable bonds is 2. The smallest absolute Gasteiger partial charge is 0.0186 e. The predicted octanol–water partition coefficient (Wildman–Crippen LogP) is 3.81. The summed E-state index contributed by atoms with van der Waals surface area (Å²) >= 11 is 5.47. The summed E-state index contributed by atoms with van der Waals surface area (Å²) in [6.07, 6.45) is 4.96. The van der Waals surface area contributed by atoms with E-state index in [2.05, 4.69) is 40.2 Å². The molecule has 1 nitrogen and oxygen atoms in total. The first-order chi connectivity index (χ1) is 7.24. The van der Waals surface area contributed by atoms with E-state index in [1.807, 2.05) is 11.8 Å². The zero-order valence-electron chi connectivity index (χ0n) is 8.66. The van der Waals surface area contributed by atoms with Gasteiger partial charge in [0.2, 0.25) is 0 Å². The lowest BCUT2D eigenvalue weighted by atomic mass is 9.96. The molecule has 1 aliphatic carbocycles. The lowest BCUT2D eigenvalue weighted by molar-refractivity contribution is 0.451. The van der Waals surface area contributed by atoms with E-state index in [0.717, 1.165) is 10.9 Å². The van der Waals surface area contributed by atoms with Crippen LogP contribution in [0.5, 0.6) is 0 Å². The molecule has 0 spiro atoms. The third kappa shape index (κ3) is 3.51. The fraction of sp³-hybridized carbons (Fsp3) is 0.500. The topological polar surface area (TPSA) is 26.0 Å². The van der Waals surface area contributed by atoms with Crippen LogP contribution in [-0.4, -0.2) is 11.3 Å². The second-order valence-electron chi connectivity index (χ2n) is 4.12. The van der Waals surface area contributed by atoms with E-state index in [4.69, 9.17) is 5.73 Å². The average Bonchev–Trinajstić information content (AvgIpc) is 2.17. The van der Waals surface area contributed by atoms with E-state index < -0.39 is 0 Å². The molecule has 1 aromatic carbocycles. The van der Waals surface area contributed by atoms with E-state index in [1.54, 1.807) is 0 Å². The Bertz CT molecular complexity index is 329. The highest BCUT2D eigenvalue weighted by Crippen LogP contribution is 2.34. The minimum atomic E-state index is 0.420. The average molecular weight is 286 g/mol. The van der Waals surface area contributed by atoms with Crippen molar-refractivity contribution in [2.75, 3.05) is 0 Å². The number of thioether (sulfide) groups is 1. The van der Waals surface area contributed by atoms with Crippen LogP contribution in [0, 0.1) is 0 Å². The molecular weight excluding hydrogens is 270 g/mol. The van der Waals surface area contributed by atoms with E-state index in [1.165, 1.54) is 24.2 Å². The van der Waals surface area contributed by atoms with Crippen LogP contribution in [0.15, 0.2) is 33.6 Å². The van der Waals surface area contributed by atoms with Crippen molar-refractivity contribution >= 4 is 27.7 Å². The monoisotopic (exact) mass is 285 g/mol. The fourth-order valence-electron chi connectivity index (χ4n) is 2.02. The molecule has 0 heterocycles. The van der Waals surface area contributed by atoms with Crippen LogP contribution in [0.1, 0.15) is 25.7 Å². The summed E-state index contributed by atoms with van der Waals surface area (Å²) in [6, 6.07) is 8.94. The fourth-order valence-corrected chi connectivity index (χ4v) is 3.94. The molecule has 1 aromatic rings. The molecule has 0 bridgehead atoms. The highest BCUT2D eigenvalue weighted by atomic mass is 79.9. The summed E-state index contributed by atoms with van der Waals surface area (Å²) in [5, 5.41) is 0.711. The molecule has 82 valence electrons. The zero-order valence-corrected chi connectivity index (χ0v) is 11.1. The van der Waals surface area contributed by atoms with Gasteiger partial charge in [0.05, 0.1) is 0 Å². The maximum absolute atomic E-state index is 5.99. The van der Waals surface area contributed by atoms with Crippen molar-refractivity contribution in [3.05, 3.63) is 28.7 Å². The molecular formula is C12H16BrNS. The van der Waals surface area contributed by atoms with Gasteiger partial charge >= 0.3 is 0 Å². The molecule has 1 aliphatic rings. The predicted molar refractivity (Wildman–Crippen MR) is 70.2 cm³/mol. The summed E-state index contributed by atoms with van der Waals surface area (Å²) in [5.41, 5.74) is 5.99. The minimum absolute atomic E-state index is 0.420. The lowest BCUT2D eigenvalue weighted by Gasteiger charge is -2.26. The molecule has 0 saturated heterocycles. The van der Waals surface area contributed by atoms with Crippen LogP contribution >= 0.6 is 27.7 Å². The number of nitrogens with two attached hydrogens (primary N) is 1. The van der Waals surface area contributed by atoms with E-state index in [-0.39, 0.29) is 0 Å². The van der Waals surface area contributed by atoms with E-state index in [0.29, 0.717) is 11.3 Å². The Balaban J connectivity index is 1.96. The van der Waals surface area contributed by atoms with Crippen LogP contribution < -0.4 is 5.73 Å². The van der Waals surface area contributed by atoms with Crippen molar-refractivity contribution in [1.82, 2.24) is 0 Å². The van der Waals surface area contributed by atoms with Gasteiger partial charge in [-0.25, -0.2) is 0 Å². The summed E-state index contributed by atoms with van der Waals surface area (Å²) in [6.45, 7) is 0. The number of hydrogen-bond donors (Lipinski definition) is 1. The summed E-state index contributed by atoms with van der Waals surface area (Å²) in [5.74, 6) is 0. The first-order valence-electron chi connectivity index (χ1n) is 5.42. The van der Waals surface area contributed by atoms with Crippen LogP contribution in [-0.2, 0) is 0 Å². The third-order valence-corrected chi connectivity index (χ3v) is 4.55. The minimum Gasteiger partial charge on any atom is -0.328 e. The van der Waals surface area contributed by atoms with Gasteiger partial charge in [-0.1, -0.05) is 28.4 Å². The summed E-state index contributed by atoms with van der Waals surface area (Å²) < 4.78 is 1.16. The van der Waals surface area contributed by atoms with Gasteiger partial charge < -0.3 is 5.73 Å². The van der Waals surface area contributed by atoms with Crippen molar-refractivity contribution in [3.63, 3.8) is 0 Å². The molecule has 0 aliphatic heterocycles. The first kappa shape index (κ1) is 11.5. The van der Waals surface area contributed by atoms with Gasteiger partial charge in [-0.3, -0.25) is 0 Å². The van der Waals surface area contributed by atoms with E-state index >= 15 is 0 Å². The molecule has 1 saturated carbocycles. The Kier molecular flexibility index (Phi) is 4.12. The van der Waals surface area contributed by atoms with Crippen LogP contribution in [0.3, 0.4) is 0 Å². The molecule has 2 atom stereocenters. The molecule has 0 amide bonds. The maximum Gasteiger partial charge on any atom is 0.0186 e. The molecule has 3 heteroatoms. The van der Waals surface area contributed by atoms with Gasteiger partial charge in [0, 0.05) is 20.7 Å². The standard InChI is InChI=1S/C12H16BrNS/c13-9-3-1-5-11(7-9)15-12-6-2-4-10(14)8-12/h1,3,5,7,10,12H,2,4,6,8,14H2. The van der Waals surface area contributed by atoms with Gasteiger partial charge in [0.1, 0.15) is 0 Å². The van der Waals surface area contributed by atoms with Gasteiger partial charge in [-0.15, -0.1) is 11.8 Å². The summed E-state index contributed by atoms with van der Waals surface area (Å²) in [4.78, 5) is 1.35. The Morgan fingerprint density at radius 2 is 2.20 bits per heavy atom. The second-order valence-corrected chi connectivity index (χ2v) is 6.41. The molecule has 2 rings (SSSR count). The molecule has 2 N–H and O–H groups in total. The Morgan fingerprint density at radius 3 is 2.93 bits per heavy atom. The van der Waals surface area contributed by atoms with Crippen molar-refractivity contribution in [2.24, 2.45) is 5.73 Å². The summed E-state index contributed by atoms with van der Waals surface area (Å²) in [7, 11) is 0. The van der Waals surface area contributed by atoms with Crippen LogP contribution in [0.2, 0.25) is 0 Å². The lowest BCUT2D eigenvalue weighted by Crippen LogP contribution is -2.29. The number of hydrogen-bond acceptors (Lipinski definition) is 2. The largest absolute Gasteiger partial charge is 0.328 e. The molecule has 2 unspecified atom stereocenters. The molecule has 1 fully saturated rings. The third-order valence-electron chi connectivity index (χ3n) is 2.77. The van der Waals surface area contributed by atoms with Crippen molar-refractivity contribution < 1.29 is 0 Å².